The van der Waals surface area contributed by atoms with E-state index in [0.717, 1.165) is 11.1 Å². The van der Waals surface area contributed by atoms with Crippen molar-refractivity contribution in [1.29, 1.82) is 0 Å². The van der Waals surface area contributed by atoms with Crippen molar-refractivity contribution in [3.63, 3.8) is 0 Å². The maximum Gasteiger partial charge on any atom is 0.308 e. The van der Waals surface area contributed by atoms with E-state index in [-0.39, 0.29) is 11.9 Å². The third-order valence-electron chi connectivity index (χ3n) is 4.29. The van der Waals surface area contributed by atoms with E-state index in [1.54, 1.807) is 11.9 Å². The highest BCUT2D eigenvalue weighted by atomic mass is 16.4. The van der Waals surface area contributed by atoms with Crippen LogP contribution in [0.4, 0.5) is 0 Å². The zero-order chi connectivity index (χ0) is 14.9. The lowest BCUT2D eigenvalue weighted by Gasteiger charge is -2.31. The van der Waals surface area contributed by atoms with Gasteiger partial charge in [-0.05, 0) is 43.4 Å². The number of carboxylic acid groups (broad SMARTS) is 1. The number of rotatable bonds is 2. The molecule has 0 saturated carbocycles. The Hall–Kier alpha value is -1.84. The second kappa shape index (κ2) is 5.65. The van der Waals surface area contributed by atoms with E-state index in [1.807, 2.05) is 32.0 Å². The smallest absolute Gasteiger partial charge is 0.308 e. The molecule has 1 aliphatic heterocycles. The lowest BCUT2D eigenvalue weighted by molar-refractivity contribution is -0.145. The molecule has 20 heavy (non-hydrogen) atoms. The molecule has 1 heterocycles. The number of aliphatic carboxylic acids is 1. The van der Waals surface area contributed by atoms with Crippen molar-refractivity contribution in [1.82, 2.24) is 4.90 Å². The Labute approximate surface area is 119 Å². The van der Waals surface area contributed by atoms with Gasteiger partial charge in [0.2, 0.25) is 5.91 Å². The molecule has 1 aliphatic rings. The van der Waals surface area contributed by atoms with Crippen molar-refractivity contribution < 1.29 is 14.7 Å². The lowest BCUT2D eigenvalue weighted by Crippen LogP contribution is -2.36. The maximum absolute atomic E-state index is 12.1. The zero-order valence-electron chi connectivity index (χ0n) is 12.2. The van der Waals surface area contributed by atoms with Crippen LogP contribution in [0.2, 0.25) is 0 Å². The van der Waals surface area contributed by atoms with Gasteiger partial charge in [0.1, 0.15) is 0 Å². The predicted octanol–water partition coefficient (Wildman–Crippen LogP) is 2.69. The fourth-order valence-corrected chi connectivity index (χ4v) is 2.90. The van der Waals surface area contributed by atoms with Gasteiger partial charge in [0.05, 0.1) is 12.0 Å². The molecule has 108 valence electrons. The number of carbonyl (C=O) groups is 2. The van der Waals surface area contributed by atoms with Crippen molar-refractivity contribution >= 4 is 11.9 Å². The summed E-state index contributed by atoms with van der Waals surface area (Å²) in [5, 5.41) is 9.48. The number of aryl methyl sites for hydroxylation is 2. The molecule has 0 bridgehead atoms. The maximum atomic E-state index is 12.1. The lowest BCUT2D eigenvalue weighted by atomic mass is 9.88. The number of hydrogen-bond acceptors (Lipinski definition) is 2. The van der Waals surface area contributed by atoms with Crippen LogP contribution in [-0.2, 0) is 9.59 Å². The molecule has 0 spiro atoms. The van der Waals surface area contributed by atoms with Gasteiger partial charge in [-0.15, -0.1) is 0 Å². The van der Waals surface area contributed by atoms with Crippen LogP contribution in [0.15, 0.2) is 18.2 Å². The molecule has 2 atom stereocenters. The Kier molecular flexibility index (Phi) is 4.12. The highest BCUT2D eigenvalue weighted by molar-refractivity contribution is 5.79. The highest BCUT2D eigenvalue weighted by Crippen LogP contribution is 2.35. The van der Waals surface area contributed by atoms with Crippen LogP contribution in [0, 0.1) is 19.8 Å². The Balaban J connectivity index is 2.47. The average Bonchev–Trinajstić information content (AvgIpc) is 2.54. The SMILES string of the molecule is Cc1ccc(C2C(C(=O)O)CCCC(=O)N2C)cc1C. The Morgan fingerprint density at radius 2 is 2.00 bits per heavy atom. The van der Waals surface area contributed by atoms with Gasteiger partial charge >= 0.3 is 5.97 Å². The first-order valence-corrected chi connectivity index (χ1v) is 6.97. The standard InChI is InChI=1S/C16H21NO3/c1-10-7-8-12(9-11(10)2)15-13(16(19)20)5-4-6-14(18)17(15)3/h7-9,13,15H,4-6H2,1-3H3,(H,19,20). The number of likely N-dealkylation sites (tertiary alicyclic amines) is 1. The van der Waals surface area contributed by atoms with Gasteiger partial charge in [-0.25, -0.2) is 0 Å². The summed E-state index contributed by atoms with van der Waals surface area (Å²) >= 11 is 0. The molecule has 1 saturated heterocycles. The van der Waals surface area contributed by atoms with E-state index in [0.29, 0.717) is 19.3 Å². The number of carboxylic acids is 1. The molecule has 1 aromatic rings. The van der Waals surface area contributed by atoms with Gasteiger partial charge in [0.15, 0.2) is 0 Å². The van der Waals surface area contributed by atoms with Crippen LogP contribution in [-0.4, -0.2) is 28.9 Å². The molecule has 1 amide bonds. The first-order chi connectivity index (χ1) is 9.41. The first kappa shape index (κ1) is 14.6. The van der Waals surface area contributed by atoms with E-state index >= 15 is 0 Å². The first-order valence-electron chi connectivity index (χ1n) is 6.97. The fraction of sp³-hybridized carbons (Fsp3) is 0.500. The summed E-state index contributed by atoms with van der Waals surface area (Å²) in [6, 6.07) is 5.57. The quantitative estimate of drug-likeness (QED) is 0.902. The summed E-state index contributed by atoms with van der Waals surface area (Å²) in [4.78, 5) is 25.2. The van der Waals surface area contributed by atoms with Crippen molar-refractivity contribution in [2.75, 3.05) is 7.05 Å². The third-order valence-corrected chi connectivity index (χ3v) is 4.29. The van der Waals surface area contributed by atoms with E-state index in [4.69, 9.17) is 0 Å². The molecule has 1 fully saturated rings. The van der Waals surface area contributed by atoms with Crippen molar-refractivity contribution in [2.24, 2.45) is 5.92 Å². The van der Waals surface area contributed by atoms with E-state index in [1.165, 1.54) is 5.56 Å². The Morgan fingerprint density at radius 3 is 2.60 bits per heavy atom. The fourth-order valence-electron chi connectivity index (χ4n) is 2.90. The van der Waals surface area contributed by atoms with Crippen LogP contribution >= 0.6 is 0 Å². The number of benzene rings is 1. The number of hydrogen-bond donors (Lipinski definition) is 1. The van der Waals surface area contributed by atoms with E-state index in [9.17, 15) is 14.7 Å². The van der Waals surface area contributed by atoms with Crippen molar-refractivity contribution in [2.45, 2.75) is 39.2 Å². The van der Waals surface area contributed by atoms with Crippen molar-refractivity contribution in [3.8, 4) is 0 Å². The second-order valence-corrected chi connectivity index (χ2v) is 5.63. The Morgan fingerprint density at radius 1 is 1.30 bits per heavy atom. The minimum Gasteiger partial charge on any atom is -0.481 e. The third kappa shape index (κ3) is 2.69. The van der Waals surface area contributed by atoms with E-state index in [2.05, 4.69) is 0 Å². The Bertz CT molecular complexity index is 539. The molecule has 1 N–H and O–H groups in total. The van der Waals surface area contributed by atoms with Crippen LogP contribution in [0.5, 0.6) is 0 Å². The van der Waals surface area contributed by atoms with Gasteiger partial charge in [0, 0.05) is 13.5 Å². The minimum absolute atomic E-state index is 0.0250. The van der Waals surface area contributed by atoms with Gasteiger partial charge in [0.25, 0.3) is 0 Å². The number of nitrogens with zero attached hydrogens (tertiary/aromatic N) is 1. The molecule has 2 unspecified atom stereocenters. The average molecular weight is 275 g/mol. The molecule has 4 nitrogen and oxygen atoms in total. The molecule has 0 aromatic heterocycles. The summed E-state index contributed by atoms with van der Waals surface area (Å²) in [5.74, 6) is -1.33. The van der Waals surface area contributed by atoms with Crippen LogP contribution in [0.1, 0.15) is 42.0 Å². The molecule has 0 aliphatic carbocycles. The molecular weight excluding hydrogens is 254 g/mol. The van der Waals surface area contributed by atoms with E-state index < -0.39 is 11.9 Å². The number of carbonyl (C=O) groups excluding carboxylic acids is 1. The molecule has 4 heteroatoms. The summed E-state index contributed by atoms with van der Waals surface area (Å²) in [5.41, 5.74) is 3.21. The van der Waals surface area contributed by atoms with Crippen LogP contribution in [0.3, 0.4) is 0 Å². The zero-order valence-corrected chi connectivity index (χ0v) is 12.2. The largest absolute Gasteiger partial charge is 0.481 e. The highest BCUT2D eigenvalue weighted by Gasteiger charge is 2.36. The normalized spacial score (nSPS) is 23.6. The minimum atomic E-state index is -0.824. The van der Waals surface area contributed by atoms with Crippen LogP contribution in [0.25, 0.3) is 0 Å². The van der Waals surface area contributed by atoms with Gasteiger partial charge < -0.3 is 10.0 Å². The second-order valence-electron chi connectivity index (χ2n) is 5.63. The summed E-state index contributed by atoms with van der Waals surface area (Å²) in [6.07, 6.45) is 1.62. The molecular formula is C16H21NO3. The molecule has 1 aromatic carbocycles. The van der Waals surface area contributed by atoms with Gasteiger partial charge in [-0.1, -0.05) is 18.2 Å². The summed E-state index contributed by atoms with van der Waals surface area (Å²) in [7, 11) is 1.71. The molecule has 0 radical (unpaired) electrons. The number of amides is 1. The van der Waals surface area contributed by atoms with Gasteiger partial charge in [-0.3, -0.25) is 9.59 Å². The predicted molar refractivity (Wildman–Crippen MR) is 76.4 cm³/mol. The topological polar surface area (TPSA) is 57.6 Å². The van der Waals surface area contributed by atoms with Crippen molar-refractivity contribution in [3.05, 3.63) is 34.9 Å². The van der Waals surface area contributed by atoms with Crippen LogP contribution < -0.4 is 0 Å². The van der Waals surface area contributed by atoms with Gasteiger partial charge in [-0.2, -0.15) is 0 Å². The molecule has 2 rings (SSSR count). The monoisotopic (exact) mass is 275 g/mol. The summed E-state index contributed by atoms with van der Waals surface area (Å²) < 4.78 is 0. The summed E-state index contributed by atoms with van der Waals surface area (Å²) in [6.45, 7) is 4.03.